The number of hydrogen-bond donors (Lipinski definition) is 0. The van der Waals surface area contributed by atoms with Crippen LogP contribution < -0.4 is 28.7 Å². The van der Waals surface area contributed by atoms with Gasteiger partial charge in [-0.3, -0.25) is 9.59 Å². The highest BCUT2D eigenvalue weighted by Gasteiger charge is 2.32. The molecule has 0 unspecified atom stereocenters. The summed E-state index contributed by atoms with van der Waals surface area (Å²) in [4.78, 5) is 29.7. The highest BCUT2D eigenvalue weighted by Crippen LogP contribution is 2.33. The summed E-state index contributed by atoms with van der Waals surface area (Å²) in [6.07, 6.45) is 4.12. The first-order chi connectivity index (χ1) is 25.5. The summed E-state index contributed by atoms with van der Waals surface area (Å²) in [5.41, 5.74) is 4.18. The zero-order valence-corrected chi connectivity index (χ0v) is 33.5. The second-order valence-electron chi connectivity index (χ2n) is 15.1. The van der Waals surface area contributed by atoms with Crippen LogP contribution in [0, 0.1) is 0 Å². The Balaban J connectivity index is 0.861. The number of unbranched alkanes of at least 4 members (excludes halogenated alkanes) is 2. The lowest BCUT2D eigenvalue weighted by atomic mass is 10.1. The van der Waals surface area contributed by atoms with Crippen molar-refractivity contribution in [2.45, 2.75) is 89.9 Å². The molecule has 53 heavy (non-hydrogen) atoms. The van der Waals surface area contributed by atoms with Gasteiger partial charge in [0.05, 0.1) is 0 Å². The summed E-state index contributed by atoms with van der Waals surface area (Å²) < 4.78 is 30.1. The topological polar surface area (TPSA) is 86.8 Å². The van der Waals surface area contributed by atoms with Crippen LogP contribution >= 0.6 is 0 Å². The Morgan fingerprint density at radius 1 is 0.585 bits per heavy atom. The number of anilines is 2. The van der Waals surface area contributed by atoms with Crippen molar-refractivity contribution in [1.29, 1.82) is 0 Å². The van der Waals surface area contributed by atoms with Crippen LogP contribution in [0.2, 0.25) is 38.3 Å². The van der Waals surface area contributed by atoms with E-state index in [0.29, 0.717) is 50.9 Å². The number of benzene rings is 4. The SMILES string of the molecule is C[Si](C)(CCCCC(=O)Oc1ccc2c(c1)CN(c1ccccc1)CO2)O[Si](C)(C)CCCCC(=O)Oc1ccc2c(c1)CN(c1ccccc1)CO2. The van der Waals surface area contributed by atoms with Crippen molar-refractivity contribution in [3.63, 3.8) is 0 Å². The molecule has 6 rings (SSSR count). The van der Waals surface area contributed by atoms with Gasteiger partial charge in [-0.2, -0.15) is 0 Å². The van der Waals surface area contributed by atoms with Crippen LogP contribution in [0.1, 0.15) is 49.7 Å². The van der Waals surface area contributed by atoms with Gasteiger partial charge in [-0.25, -0.2) is 0 Å². The fourth-order valence-corrected chi connectivity index (χ4v) is 16.0. The molecule has 0 saturated carbocycles. The van der Waals surface area contributed by atoms with E-state index in [0.717, 1.165) is 71.8 Å². The van der Waals surface area contributed by atoms with Crippen LogP contribution in [-0.4, -0.2) is 42.0 Å². The lowest BCUT2D eigenvalue weighted by Gasteiger charge is -2.34. The number of nitrogens with zero attached hydrogens (tertiary/aromatic N) is 2. The molecule has 280 valence electrons. The van der Waals surface area contributed by atoms with E-state index in [1.54, 1.807) is 12.1 Å². The van der Waals surface area contributed by atoms with E-state index in [1.807, 2.05) is 60.7 Å². The van der Waals surface area contributed by atoms with E-state index < -0.39 is 16.6 Å². The molecule has 2 aliphatic heterocycles. The monoisotopic (exact) mass is 752 g/mol. The van der Waals surface area contributed by atoms with Gasteiger partial charge in [0.2, 0.25) is 0 Å². The molecule has 0 aromatic heterocycles. The molecule has 0 fully saturated rings. The molecule has 2 aliphatic rings. The lowest BCUT2D eigenvalue weighted by molar-refractivity contribution is -0.135. The standard InChI is InChI=1S/C42H52N2O7Si2/c1-52(2,25-13-11-19-41(45)49-37-21-23-39-33(27-37)29-43(31-47-39)35-15-7-5-8-16-35)51-53(3,4)26-14-12-20-42(46)50-38-22-24-40-34(28-38)30-44(32-48-40)36-17-9-6-10-18-36/h5-10,15-18,21-24,27-28H,11-14,19-20,25-26,29-32H2,1-4H3. The third-order valence-corrected chi connectivity index (χ3v) is 17.2. The number of para-hydroxylation sites is 2. The van der Waals surface area contributed by atoms with E-state index in [4.69, 9.17) is 23.1 Å². The molecule has 4 aromatic rings. The Labute approximate surface area is 316 Å². The molecular weight excluding hydrogens is 701 g/mol. The first-order valence-corrected chi connectivity index (χ1v) is 25.0. The van der Waals surface area contributed by atoms with Crippen molar-refractivity contribution in [3.8, 4) is 23.0 Å². The molecular formula is C42H52N2O7Si2. The first-order valence-electron chi connectivity index (χ1n) is 18.7. The van der Waals surface area contributed by atoms with Gasteiger partial charge in [0.25, 0.3) is 0 Å². The molecule has 2 heterocycles. The van der Waals surface area contributed by atoms with E-state index in [9.17, 15) is 9.59 Å². The highest BCUT2D eigenvalue weighted by atomic mass is 28.4. The van der Waals surface area contributed by atoms with Gasteiger partial charge in [0.15, 0.2) is 30.1 Å². The van der Waals surface area contributed by atoms with Gasteiger partial charge in [-0.05, 0) is 112 Å². The van der Waals surface area contributed by atoms with Crippen LogP contribution in [0.25, 0.3) is 0 Å². The Bertz CT molecular complexity index is 1710. The Hall–Kier alpha value is -4.59. The molecule has 0 saturated heterocycles. The Morgan fingerprint density at radius 3 is 1.42 bits per heavy atom. The van der Waals surface area contributed by atoms with E-state index >= 15 is 0 Å². The minimum Gasteiger partial charge on any atom is -0.473 e. The molecule has 0 bridgehead atoms. The minimum atomic E-state index is -1.92. The van der Waals surface area contributed by atoms with E-state index in [2.05, 4.69) is 60.3 Å². The summed E-state index contributed by atoms with van der Waals surface area (Å²) in [6.45, 7) is 11.4. The molecule has 0 atom stereocenters. The number of carbonyl (C=O) groups is 2. The minimum absolute atomic E-state index is 0.217. The van der Waals surface area contributed by atoms with Crippen LogP contribution in [-0.2, 0) is 26.8 Å². The van der Waals surface area contributed by atoms with Crippen molar-refractivity contribution >= 4 is 39.9 Å². The first kappa shape index (κ1) is 38.1. The predicted molar refractivity (Wildman–Crippen MR) is 214 cm³/mol. The van der Waals surface area contributed by atoms with Crippen LogP contribution in [0.15, 0.2) is 97.1 Å². The van der Waals surface area contributed by atoms with Crippen molar-refractivity contribution in [3.05, 3.63) is 108 Å². The molecule has 0 spiro atoms. The third kappa shape index (κ3) is 11.2. The second kappa shape index (κ2) is 17.5. The number of rotatable bonds is 16. The van der Waals surface area contributed by atoms with Crippen molar-refractivity contribution in [2.24, 2.45) is 0 Å². The number of hydrogen-bond acceptors (Lipinski definition) is 9. The molecule has 4 aromatic carbocycles. The van der Waals surface area contributed by atoms with E-state index in [-0.39, 0.29) is 11.9 Å². The molecule has 0 amide bonds. The average molecular weight is 753 g/mol. The van der Waals surface area contributed by atoms with Crippen LogP contribution in [0.3, 0.4) is 0 Å². The van der Waals surface area contributed by atoms with Crippen LogP contribution in [0.4, 0.5) is 11.4 Å². The molecule has 0 radical (unpaired) electrons. The summed E-state index contributed by atoms with van der Waals surface area (Å²) >= 11 is 0. The summed E-state index contributed by atoms with van der Waals surface area (Å²) in [5, 5.41) is 0. The van der Waals surface area contributed by atoms with Crippen molar-refractivity contribution in [2.75, 3.05) is 23.3 Å². The largest absolute Gasteiger partial charge is 0.473 e. The van der Waals surface area contributed by atoms with Crippen molar-refractivity contribution < 1.29 is 32.7 Å². The maximum absolute atomic E-state index is 12.7. The second-order valence-corrected chi connectivity index (χ2v) is 24.0. The summed E-state index contributed by atoms with van der Waals surface area (Å²) in [5.74, 6) is 2.32. The normalized spacial score (nSPS) is 14.0. The summed E-state index contributed by atoms with van der Waals surface area (Å²) in [7, 11) is -3.84. The predicted octanol–water partition coefficient (Wildman–Crippen LogP) is 9.68. The maximum Gasteiger partial charge on any atom is 0.311 e. The average Bonchev–Trinajstić information content (AvgIpc) is 3.15. The number of fused-ring (bicyclic) bond motifs is 2. The van der Waals surface area contributed by atoms with Gasteiger partial charge in [0.1, 0.15) is 23.0 Å². The van der Waals surface area contributed by atoms with Gasteiger partial charge in [-0.1, -0.05) is 49.2 Å². The van der Waals surface area contributed by atoms with Crippen LogP contribution in [0.5, 0.6) is 23.0 Å². The zero-order valence-electron chi connectivity index (χ0n) is 31.5. The Morgan fingerprint density at radius 2 is 1.00 bits per heavy atom. The lowest BCUT2D eigenvalue weighted by Crippen LogP contribution is -2.44. The van der Waals surface area contributed by atoms with Gasteiger partial charge in [-0.15, -0.1) is 0 Å². The molecule has 11 heteroatoms. The van der Waals surface area contributed by atoms with Crippen molar-refractivity contribution in [1.82, 2.24) is 0 Å². The van der Waals surface area contributed by atoms with Gasteiger partial charge >= 0.3 is 11.9 Å². The maximum atomic E-state index is 12.7. The number of carbonyl (C=O) groups excluding carboxylic acids is 2. The quantitative estimate of drug-likeness (QED) is 0.0481. The smallest absolute Gasteiger partial charge is 0.311 e. The van der Waals surface area contributed by atoms with E-state index in [1.165, 1.54) is 0 Å². The fourth-order valence-electron chi connectivity index (χ4n) is 7.03. The molecule has 0 aliphatic carbocycles. The number of esters is 2. The Kier molecular flexibility index (Phi) is 12.6. The van der Waals surface area contributed by atoms with Gasteiger partial charge in [0, 0.05) is 48.4 Å². The molecule has 9 nitrogen and oxygen atoms in total. The summed E-state index contributed by atoms with van der Waals surface area (Å²) in [6, 6.07) is 33.5. The third-order valence-electron chi connectivity index (χ3n) is 9.62. The van der Waals surface area contributed by atoms with Gasteiger partial charge < -0.3 is 32.9 Å². The zero-order chi connectivity index (χ0) is 37.3. The molecule has 0 N–H and O–H groups in total. The highest BCUT2D eigenvalue weighted by molar-refractivity contribution is 6.84. The number of ether oxygens (including phenoxy) is 4. The fraction of sp³-hybridized carbons (Fsp3) is 0.381.